The maximum Gasteiger partial charge on any atom is 0.0224 e. The molecule has 2 atom stereocenters. The first kappa shape index (κ1) is 8.48. The van der Waals surface area contributed by atoms with E-state index in [1.54, 1.807) is 0 Å². The molecular formula is C9H19N3. The summed E-state index contributed by atoms with van der Waals surface area (Å²) in [5.74, 6) is 0. The fourth-order valence-corrected chi connectivity index (χ4v) is 2.36. The van der Waals surface area contributed by atoms with Crippen LogP contribution in [0.5, 0.6) is 0 Å². The Hall–Kier alpha value is -0.120. The van der Waals surface area contributed by atoms with Crippen LogP contribution in [0.4, 0.5) is 0 Å². The predicted molar refractivity (Wildman–Crippen MR) is 50.1 cm³/mol. The highest BCUT2D eigenvalue weighted by Gasteiger charge is 2.29. The summed E-state index contributed by atoms with van der Waals surface area (Å²) < 4.78 is 0. The highest BCUT2D eigenvalue weighted by molar-refractivity contribution is 4.88. The second kappa shape index (κ2) is 3.32. The molecule has 0 bridgehead atoms. The van der Waals surface area contributed by atoms with Crippen LogP contribution in [0.15, 0.2) is 0 Å². The molecule has 2 aliphatic rings. The average molecular weight is 169 g/mol. The number of nitrogens with zero attached hydrogens (tertiary/aromatic N) is 2. The Bertz CT molecular complexity index is 142. The Balaban J connectivity index is 1.94. The molecule has 3 nitrogen and oxygen atoms in total. The quantitative estimate of drug-likeness (QED) is 0.541. The van der Waals surface area contributed by atoms with E-state index in [1.165, 1.54) is 32.5 Å². The lowest BCUT2D eigenvalue weighted by atomic mass is 9.97. The van der Waals surface area contributed by atoms with Gasteiger partial charge in [0.1, 0.15) is 0 Å². The Morgan fingerprint density at radius 2 is 2.00 bits per heavy atom. The first-order valence-corrected chi connectivity index (χ1v) is 4.94. The molecule has 0 saturated carbocycles. The van der Waals surface area contributed by atoms with Crippen LogP contribution >= 0.6 is 0 Å². The minimum atomic E-state index is 0.435. The van der Waals surface area contributed by atoms with Crippen LogP contribution in [0.2, 0.25) is 0 Å². The van der Waals surface area contributed by atoms with Gasteiger partial charge in [-0.2, -0.15) is 0 Å². The van der Waals surface area contributed by atoms with Gasteiger partial charge < -0.3 is 10.6 Å². The fourth-order valence-electron chi connectivity index (χ4n) is 2.36. The number of nitrogens with two attached hydrogens (primary N) is 1. The molecule has 2 aliphatic heterocycles. The van der Waals surface area contributed by atoms with Gasteiger partial charge in [-0.3, -0.25) is 4.90 Å². The zero-order chi connectivity index (χ0) is 8.55. The van der Waals surface area contributed by atoms with Gasteiger partial charge in [-0.1, -0.05) is 0 Å². The van der Waals surface area contributed by atoms with Crippen LogP contribution < -0.4 is 5.73 Å². The molecule has 2 rings (SSSR count). The average Bonchev–Trinajstić information content (AvgIpc) is 2.05. The van der Waals surface area contributed by atoms with E-state index in [0.29, 0.717) is 6.04 Å². The van der Waals surface area contributed by atoms with Crippen molar-refractivity contribution in [3.63, 3.8) is 0 Å². The standard InChI is InChI=1S/C9H19N3/c1-11-4-5-12-6-8(10)2-3-9(12)7-11/h8-9H,2-7,10H2,1H3. The summed E-state index contributed by atoms with van der Waals surface area (Å²) in [6, 6.07) is 1.23. The Morgan fingerprint density at radius 3 is 2.83 bits per heavy atom. The Morgan fingerprint density at radius 1 is 1.17 bits per heavy atom. The molecule has 0 amide bonds. The monoisotopic (exact) mass is 169 g/mol. The molecule has 2 heterocycles. The van der Waals surface area contributed by atoms with Gasteiger partial charge in [0.05, 0.1) is 0 Å². The number of piperidine rings is 1. The SMILES string of the molecule is CN1CCN2CC(N)CCC2C1. The third-order valence-electron chi connectivity index (χ3n) is 3.15. The molecular weight excluding hydrogens is 150 g/mol. The number of hydrogen-bond donors (Lipinski definition) is 1. The van der Waals surface area contributed by atoms with Crippen LogP contribution in [0.25, 0.3) is 0 Å². The number of likely N-dealkylation sites (N-methyl/N-ethyl adjacent to an activating group) is 1. The third-order valence-corrected chi connectivity index (χ3v) is 3.15. The van der Waals surface area contributed by atoms with Crippen LogP contribution in [-0.2, 0) is 0 Å². The van der Waals surface area contributed by atoms with E-state index in [1.807, 2.05) is 0 Å². The van der Waals surface area contributed by atoms with Crippen molar-refractivity contribution < 1.29 is 0 Å². The molecule has 2 unspecified atom stereocenters. The van der Waals surface area contributed by atoms with E-state index < -0.39 is 0 Å². The lowest BCUT2D eigenvalue weighted by Crippen LogP contribution is -2.57. The second-order valence-electron chi connectivity index (χ2n) is 4.25. The van der Waals surface area contributed by atoms with E-state index in [-0.39, 0.29) is 0 Å². The summed E-state index contributed by atoms with van der Waals surface area (Å²) in [4.78, 5) is 4.99. The van der Waals surface area contributed by atoms with Crippen molar-refractivity contribution in [1.82, 2.24) is 9.80 Å². The number of piperazine rings is 1. The van der Waals surface area contributed by atoms with Crippen molar-refractivity contribution in [2.45, 2.75) is 24.9 Å². The maximum atomic E-state index is 5.92. The number of rotatable bonds is 0. The second-order valence-corrected chi connectivity index (χ2v) is 4.25. The highest BCUT2D eigenvalue weighted by atomic mass is 15.3. The number of fused-ring (bicyclic) bond motifs is 1. The molecule has 2 saturated heterocycles. The summed E-state index contributed by atoms with van der Waals surface area (Å²) in [6.45, 7) is 4.79. The zero-order valence-corrected chi connectivity index (χ0v) is 7.87. The minimum Gasteiger partial charge on any atom is -0.327 e. The summed E-state index contributed by atoms with van der Waals surface area (Å²) in [5.41, 5.74) is 5.92. The van der Waals surface area contributed by atoms with Crippen LogP contribution in [0, 0.1) is 0 Å². The molecule has 0 spiro atoms. The molecule has 70 valence electrons. The topological polar surface area (TPSA) is 32.5 Å². The van der Waals surface area contributed by atoms with Crippen LogP contribution in [0.1, 0.15) is 12.8 Å². The fraction of sp³-hybridized carbons (Fsp3) is 1.00. The van der Waals surface area contributed by atoms with E-state index >= 15 is 0 Å². The first-order valence-electron chi connectivity index (χ1n) is 4.94. The maximum absolute atomic E-state index is 5.92. The lowest BCUT2D eigenvalue weighted by molar-refractivity contribution is 0.0545. The zero-order valence-electron chi connectivity index (χ0n) is 7.87. The molecule has 0 aliphatic carbocycles. The van der Waals surface area contributed by atoms with Crippen molar-refractivity contribution in [3.8, 4) is 0 Å². The highest BCUT2D eigenvalue weighted by Crippen LogP contribution is 2.19. The van der Waals surface area contributed by atoms with Crippen molar-refractivity contribution in [2.24, 2.45) is 5.73 Å². The van der Waals surface area contributed by atoms with Crippen molar-refractivity contribution in [3.05, 3.63) is 0 Å². The lowest BCUT2D eigenvalue weighted by Gasteiger charge is -2.44. The first-order chi connectivity index (χ1) is 5.75. The molecule has 12 heavy (non-hydrogen) atoms. The molecule has 2 N–H and O–H groups in total. The van der Waals surface area contributed by atoms with Gasteiger partial charge in [0, 0.05) is 38.3 Å². The van der Waals surface area contributed by atoms with Crippen LogP contribution in [-0.4, -0.2) is 55.1 Å². The molecule has 0 aromatic rings. The molecule has 0 aromatic heterocycles. The molecule has 3 heteroatoms. The van der Waals surface area contributed by atoms with E-state index in [0.717, 1.165) is 12.6 Å². The van der Waals surface area contributed by atoms with Crippen molar-refractivity contribution in [2.75, 3.05) is 33.2 Å². The third kappa shape index (κ3) is 1.63. The largest absolute Gasteiger partial charge is 0.327 e. The van der Waals surface area contributed by atoms with Gasteiger partial charge in [-0.15, -0.1) is 0 Å². The van der Waals surface area contributed by atoms with E-state index in [2.05, 4.69) is 16.8 Å². The summed E-state index contributed by atoms with van der Waals surface area (Å²) >= 11 is 0. The van der Waals surface area contributed by atoms with Gasteiger partial charge in [0.2, 0.25) is 0 Å². The van der Waals surface area contributed by atoms with Crippen molar-refractivity contribution in [1.29, 1.82) is 0 Å². The van der Waals surface area contributed by atoms with Gasteiger partial charge >= 0.3 is 0 Å². The van der Waals surface area contributed by atoms with E-state index in [9.17, 15) is 0 Å². The molecule has 0 radical (unpaired) electrons. The number of hydrogen-bond acceptors (Lipinski definition) is 3. The van der Waals surface area contributed by atoms with Gasteiger partial charge in [0.25, 0.3) is 0 Å². The minimum absolute atomic E-state index is 0.435. The molecule has 0 aromatic carbocycles. The summed E-state index contributed by atoms with van der Waals surface area (Å²) in [6.07, 6.45) is 2.51. The normalized spacial score (nSPS) is 39.5. The van der Waals surface area contributed by atoms with Crippen molar-refractivity contribution >= 4 is 0 Å². The van der Waals surface area contributed by atoms with Gasteiger partial charge in [-0.05, 0) is 19.9 Å². The Kier molecular flexibility index (Phi) is 2.35. The smallest absolute Gasteiger partial charge is 0.0224 e. The summed E-state index contributed by atoms with van der Waals surface area (Å²) in [5, 5.41) is 0. The summed E-state index contributed by atoms with van der Waals surface area (Å²) in [7, 11) is 2.21. The van der Waals surface area contributed by atoms with Gasteiger partial charge in [-0.25, -0.2) is 0 Å². The molecule has 2 fully saturated rings. The Labute approximate surface area is 74.5 Å². The van der Waals surface area contributed by atoms with Gasteiger partial charge in [0.15, 0.2) is 0 Å². The van der Waals surface area contributed by atoms with Crippen LogP contribution in [0.3, 0.4) is 0 Å². The predicted octanol–water partition coefficient (Wildman–Crippen LogP) is -0.276. The van der Waals surface area contributed by atoms with E-state index in [4.69, 9.17) is 5.73 Å².